The summed E-state index contributed by atoms with van der Waals surface area (Å²) >= 11 is 0. The normalized spacial score (nSPS) is 18.8. The lowest BCUT2D eigenvalue weighted by Gasteiger charge is -2.26. The third kappa shape index (κ3) is 17.5. The van der Waals surface area contributed by atoms with E-state index in [0.29, 0.717) is 32.1 Å². The maximum absolute atomic E-state index is 11.1. The van der Waals surface area contributed by atoms with Crippen LogP contribution in [0.2, 0.25) is 0 Å². The number of nitrogens with one attached hydrogen (secondary N) is 1. The molecule has 0 aliphatic heterocycles. The SMILES string of the molecule is CC.CCCC(=O)OCC.CCOC(=O)CCNC1CCC(C)CC1. The largest absolute Gasteiger partial charge is 0.466 e. The molecular weight excluding hydrogens is 318 g/mol. The number of ether oxygens (including phenoxy) is 2. The zero-order valence-electron chi connectivity index (χ0n) is 17.4. The highest BCUT2D eigenvalue weighted by molar-refractivity contribution is 5.69. The second kappa shape index (κ2) is 19.2. The molecular formula is C20H41NO4. The second-order valence-electron chi connectivity index (χ2n) is 6.02. The van der Waals surface area contributed by atoms with E-state index in [1.54, 1.807) is 0 Å². The molecule has 0 aromatic heterocycles. The number of carbonyl (C=O) groups is 2. The number of carbonyl (C=O) groups excluding carboxylic acids is 2. The van der Waals surface area contributed by atoms with Crippen LogP contribution in [0.15, 0.2) is 0 Å². The van der Waals surface area contributed by atoms with Gasteiger partial charge in [-0.3, -0.25) is 9.59 Å². The van der Waals surface area contributed by atoms with Crippen molar-refractivity contribution in [1.29, 1.82) is 0 Å². The van der Waals surface area contributed by atoms with Crippen molar-refractivity contribution < 1.29 is 19.1 Å². The molecule has 0 aromatic rings. The molecule has 1 fully saturated rings. The molecule has 0 amide bonds. The van der Waals surface area contributed by atoms with Crippen molar-refractivity contribution in [3.05, 3.63) is 0 Å². The summed E-state index contributed by atoms with van der Waals surface area (Å²) in [6.07, 6.45) is 7.06. The van der Waals surface area contributed by atoms with Crippen LogP contribution in [-0.2, 0) is 19.1 Å². The molecule has 0 aromatic carbocycles. The molecule has 0 atom stereocenters. The maximum atomic E-state index is 11.1. The molecule has 1 N–H and O–H groups in total. The Hall–Kier alpha value is -1.10. The minimum Gasteiger partial charge on any atom is -0.466 e. The fraction of sp³-hybridized carbons (Fsp3) is 0.900. The summed E-state index contributed by atoms with van der Waals surface area (Å²) in [5.74, 6) is 0.706. The average Bonchev–Trinajstić information content (AvgIpc) is 2.60. The molecule has 0 bridgehead atoms. The van der Waals surface area contributed by atoms with E-state index in [2.05, 4.69) is 17.0 Å². The van der Waals surface area contributed by atoms with E-state index in [-0.39, 0.29) is 11.9 Å². The van der Waals surface area contributed by atoms with Gasteiger partial charge in [0.25, 0.3) is 0 Å². The molecule has 5 nitrogen and oxygen atoms in total. The van der Waals surface area contributed by atoms with Gasteiger partial charge in [-0.2, -0.15) is 0 Å². The van der Waals surface area contributed by atoms with Gasteiger partial charge in [-0.05, 0) is 51.9 Å². The van der Waals surface area contributed by atoms with Crippen molar-refractivity contribution in [3.8, 4) is 0 Å². The van der Waals surface area contributed by atoms with Gasteiger partial charge in [-0.25, -0.2) is 0 Å². The fourth-order valence-electron chi connectivity index (χ4n) is 2.51. The molecule has 0 unspecified atom stereocenters. The van der Waals surface area contributed by atoms with E-state index >= 15 is 0 Å². The lowest BCUT2D eigenvalue weighted by atomic mass is 9.87. The van der Waals surface area contributed by atoms with Crippen molar-refractivity contribution in [1.82, 2.24) is 5.32 Å². The summed E-state index contributed by atoms with van der Waals surface area (Å²) in [7, 11) is 0. The Morgan fingerprint density at radius 3 is 1.80 bits per heavy atom. The Morgan fingerprint density at radius 2 is 1.36 bits per heavy atom. The van der Waals surface area contributed by atoms with Gasteiger partial charge in [-0.1, -0.05) is 27.7 Å². The molecule has 1 aliphatic rings. The Labute approximate surface area is 155 Å². The van der Waals surface area contributed by atoms with Gasteiger partial charge in [-0.15, -0.1) is 0 Å². The number of rotatable bonds is 8. The Morgan fingerprint density at radius 1 is 0.880 bits per heavy atom. The molecule has 0 radical (unpaired) electrons. The van der Waals surface area contributed by atoms with Crippen LogP contribution in [-0.4, -0.2) is 37.7 Å². The van der Waals surface area contributed by atoms with Crippen LogP contribution >= 0.6 is 0 Å². The summed E-state index contributed by atoms with van der Waals surface area (Å²) in [6.45, 7) is 13.7. The monoisotopic (exact) mass is 359 g/mol. The molecule has 5 heteroatoms. The maximum Gasteiger partial charge on any atom is 0.307 e. The number of hydrogen-bond donors (Lipinski definition) is 1. The smallest absolute Gasteiger partial charge is 0.307 e. The van der Waals surface area contributed by atoms with Crippen molar-refractivity contribution in [2.24, 2.45) is 5.92 Å². The predicted octanol–water partition coefficient (Wildman–Crippen LogP) is 4.48. The fourth-order valence-corrected chi connectivity index (χ4v) is 2.51. The number of hydrogen-bond acceptors (Lipinski definition) is 5. The van der Waals surface area contributed by atoms with Gasteiger partial charge in [0.15, 0.2) is 0 Å². The minimum atomic E-state index is -0.0887. The predicted molar refractivity (Wildman–Crippen MR) is 104 cm³/mol. The quantitative estimate of drug-likeness (QED) is 0.647. The van der Waals surface area contributed by atoms with Crippen LogP contribution < -0.4 is 5.32 Å². The zero-order chi connectivity index (χ0) is 19.5. The van der Waals surface area contributed by atoms with Gasteiger partial charge < -0.3 is 14.8 Å². The summed E-state index contributed by atoms with van der Waals surface area (Å²) in [6, 6.07) is 0.621. The van der Waals surface area contributed by atoms with E-state index in [1.165, 1.54) is 25.7 Å². The third-order valence-corrected chi connectivity index (χ3v) is 3.84. The molecule has 1 rings (SSSR count). The highest BCUT2D eigenvalue weighted by Gasteiger charge is 2.17. The minimum absolute atomic E-state index is 0.0880. The molecule has 1 aliphatic carbocycles. The summed E-state index contributed by atoms with van der Waals surface area (Å²) in [4.78, 5) is 21.5. The molecule has 0 heterocycles. The molecule has 0 saturated heterocycles. The number of esters is 2. The molecule has 150 valence electrons. The third-order valence-electron chi connectivity index (χ3n) is 3.84. The van der Waals surface area contributed by atoms with Crippen LogP contribution in [0, 0.1) is 5.92 Å². The van der Waals surface area contributed by atoms with E-state index in [4.69, 9.17) is 4.74 Å². The van der Waals surface area contributed by atoms with E-state index in [1.807, 2.05) is 34.6 Å². The van der Waals surface area contributed by atoms with Crippen molar-refractivity contribution in [3.63, 3.8) is 0 Å². The first-order valence-electron chi connectivity index (χ1n) is 10.1. The summed E-state index contributed by atoms with van der Waals surface area (Å²) in [5.41, 5.74) is 0. The topological polar surface area (TPSA) is 64.6 Å². The van der Waals surface area contributed by atoms with Gasteiger partial charge in [0.1, 0.15) is 0 Å². The van der Waals surface area contributed by atoms with Crippen LogP contribution in [0.5, 0.6) is 0 Å². The Kier molecular flexibility index (Phi) is 20.1. The zero-order valence-corrected chi connectivity index (χ0v) is 17.4. The van der Waals surface area contributed by atoms with Crippen molar-refractivity contribution in [2.75, 3.05) is 19.8 Å². The van der Waals surface area contributed by atoms with Gasteiger partial charge in [0.2, 0.25) is 0 Å². The van der Waals surface area contributed by atoms with E-state index in [0.717, 1.165) is 18.9 Å². The summed E-state index contributed by atoms with van der Waals surface area (Å²) in [5, 5.41) is 3.43. The van der Waals surface area contributed by atoms with Crippen molar-refractivity contribution in [2.45, 2.75) is 92.5 Å². The van der Waals surface area contributed by atoms with Crippen molar-refractivity contribution >= 4 is 11.9 Å². The van der Waals surface area contributed by atoms with Crippen LogP contribution in [0.4, 0.5) is 0 Å². The standard InChI is InChI=1S/C12H23NO2.C6H12O2.C2H6/c1-3-15-12(14)8-9-13-11-6-4-10(2)5-7-11;1-3-5-6(7)8-4-2;1-2/h10-11,13H,3-9H2,1-2H3;3-5H2,1-2H3;1-2H3. The van der Waals surface area contributed by atoms with E-state index < -0.39 is 0 Å². The lowest BCUT2D eigenvalue weighted by molar-refractivity contribution is -0.144. The average molecular weight is 360 g/mol. The second-order valence-corrected chi connectivity index (χ2v) is 6.02. The molecule has 1 saturated carbocycles. The lowest BCUT2D eigenvalue weighted by Crippen LogP contribution is -2.34. The highest BCUT2D eigenvalue weighted by Crippen LogP contribution is 2.23. The van der Waals surface area contributed by atoms with E-state index in [9.17, 15) is 9.59 Å². The van der Waals surface area contributed by atoms with Gasteiger partial charge >= 0.3 is 11.9 Å². The van der Waals surface area contributed by atoms with Crippen LogP contribution in [0.1, 0.15) is 86.5 Å². The Bertz CT molecular complexity index is 305. The van der Waals surface area contributed by atoms with Crippen LogP contribution in [0.25, 0.3) is 0 Å². The first-order chi connectivity index (χ1) is 12.0. The first kappa shape index (κ1) is 26.1. The summed E-state index contributed by atoms with van der Waals surface area (Å²) < 4.78 is 9.51. The van der Waals surface area contributed by atoms with Gasteiger partial charge in [0.05, 0.1) is 19.6 Å². The highest BCUT2D eigenvalue weighted by atomic mass is 16.5. The first-order valence-corrected chi connectivity index (χ1v) is 10.1. The Balaban J connectivity index is 0. The van der Waals surface area contributed by atoms with Gasteiger partial charge in [0, 0.05) is 19.0 Å². The molecule has 25 heavy (non-hydrogen) atoms. The van der Waals surface area contributed by atoms with Crippen LogP contribution in [0.3, 0.4) is 0 Å². The molecule has 0 spiro atoms.